The average Bonchev–Trinajstić information content (AvgIpc) is 3.47. The highest BCUT2D eigenvalue weighted by molar-refractivity contribution is 5.71. The summed E-state index contributed by atoms with van der Waals surface area (Å²) in [4.78, 5) is 38.4. The molecule has 0 bridgehead atoms. The summed E-state index contributed by atoms with van der Waals surface area (Å²) in [7, 11) is 0. The van der Waals surface area contributed by atoms with Crippen molar-refractivity contribution in [1.29, 1.82) is 0 Å². The van der Waals surface area contributed by atoms with Gasteiger partial charge in [-0.05, 0) is 116 Å². The maximum Gasteiger partial charge on any atom is 0.306 e. The number of carbonyl (C=O) groups excluding carboxylic acids is 3. The third-order valence-corrected chi connectivity index (χ3v) is 14.7. The van der Waals surface area contributed by atoms with Gasteiger partial charge in [-0.3, -0.25) is 14.4 Å². The third kappa shape index (κ3) is 66.6. The molecule has 6 nitrogen and oxygen atoms in total. The standard InChI is InChI=1S/C76H128O6/c1-4-7-10-13-16-19-22-25-28-31-34-35-36-37-38-39-40-41-43-45-48-51-54-57-60-63-66-69-75(78)81-72-73(71-80-74(77)68-65-62-59-56-53-50-47-44-33-30-27-24-21-18-15-12-9-6-3)82-76(79)70-67-64-61-58-55-52-49-46-42-32-29-26-23-20-17-14-11-8-5-2/h7,10,16-17,19-20,25-26,28-29,34-35,37-38,40-41,45,48,54,57,73H,4-6,8-9,11-15,18,21-24,27,30-33,36,39,42-44,46-47,49-53,55-56,58-72H2,1-3H3/b10-7-,19-16-,20-17-,28-25-,29-26-,35-34-,38-37-,41-40-,48-45-,57-54-. The molecule has 0 heterocycles. The van der Waals surface area contributed by atoms with E-state index >= 15 is 0 Å². The van der Waals surface area contributed by atoms with Crippen LogP contribution in [-0.4, -0.2) is 37.2 Å². The SMILES string of the molecule is CC/C=C\C/C=C\C/C=C\C/C=C\C/C=C\C/C=C\C/C=C\C/C=C\CCCCC(=O)OCC(COC(=O)CCCCCCCCCCCCCCCCCCCC)OC(=O)CCCCCCCCCCC/C=C\C/C=C\CCCCC. The molecule has 0 aliphatic rings. The Kier molecular flexibility index (Phi) is 65.8. The van der Waals surface area contributed by atoms with Crippen LogP contribution in [0.15, 0.2) is 122 Å². The van der Waals surface area contributed by atoms with Gasteiger partial charge in [0.25, 0.3) is 0 Å². The molecule has 0 radical (unpaired) electrons. The molecule has 0 rings (SSSR count). The summed E-state index contributed by atoms with van der Waals surface area (Å²) in [6, 6.07) is 0. The van der Waals surface area contributed by atoms with E-state index in [1.165, 1.54) is 167 Å². The van der Waals surface area contributed by atoms with Crippen molar-refractivity contribution in [3.63, 3.8) is 0 Å². The number of esters is 3. The molecule has 1 unspecified atom stereocenters. The second-order valence-corrected chi connectivity index (χ2v) is 22.7. The van der Waals surface area contributed by atoms with Crippen molar-refractivity contribution in [2.75, 3.05) is 13.2 Å². The molecule has 82 heavy (non-hydrogen) atoms. The first-order valence-electron chi connectivity index (χ1n) is 34.5. The summed E-state index contributed by atoms with van der Waals surface area (Å²) >= 11 is 0. The number of unbranched alkanes of at least 4 members (excludes halogenated alkanes) is 31. The molecule has 468 valence electrons. The van der Waals surface area contributed by atoms with E-state index < -0.39 is 6.10 Å². The summed E-state index contributed by atoms with van der Waals surface area (Å²) in [6.45, 7) is 6.50. The monoisotopic (exact) mass is 1140 g/mol. The predicted octanol–water partition coefficient (Wildman–Crippen LogP) is 23.9. The molecular weight excluding hydrogens is 1010 g/mol. The fraction of sp³-hybridized carbons (Fsp3) is 0.697. The van der Waals surface area contributed by atoms with Crippen molar-refractivity contribution in [1.82, 2.24) is 0 Å². The van der Waals surface area contributed by atoms with Crippen LogP contribution in [0.5, 0.6) is 0 Å². The summed E-state index contributed by atoms with van der Waals surface area (Å²) in [6.07, 6.45) is 96.4. The van der Waals surface area contributed by atoms with Crippen LogP contribution in [0.4, 0.5) is 0 Å². The quantitative estimate of drug-likeness (QED) is 0.0261. The lowest BCUT2D eigenvalue weighted by atomic mass is 10.0. The topological polar surface area (TPSA) is 78.9 Å². The average molecular weight is 1140 g/mol. The van der Waals surface area contributed by atoms with Gasteiger partial charge in [-0.2, -0.15) is 0 Å². The first-order valence-corrected chi connectivity index (χ1v) is 34.5. The minimum absolute atomic E-state index is 0.0929. The van der Waals surface area contributed by atoms with E-state index in [0.717, 1.165) is 116 Å². The molecule has 6 heteroatoms. The van der Waals surface area contributed by atoms with E-state index in [2.05, 4.69) is 142 Å². The van der Waals surface area contributed by atoms with Gasteiger partial charge >= 0.3 is 17.9 Å². The largest absolute Gasteiger partial charge is 0.462 e. The Morgan fingerprint density at radius 1 is 0.256 bits per heavy atom. The van der Waals surface area contributed by atoms with E-state index in [9.17, 15) is 14.4 Å². The predicted molar refractivity (Wildman–Crippen MR) is 357 cm³/mol. The van der Waals surface area contributed by atoms with E-state index in [4.69, 9.17) is 14.2 Å². The minimum atomic E-state index is -0.802. The van der Waals surface area contributed by atoms with Crippen molar-refractivity contribution in [3.8, 4) is 0 Å². The lowest BCUT2D eigenvalue weighted by Crippen LogP contribution is -2.30. The van der Waals surface area contributed by atoms with Crippen LogP contribution in [0.3, 0.4) is 0 Å². The van der Waals surface area contributed by atoms with E-state index in [1.807, 2.05) is 0 Å². The molecule has 0 amide bonds. The van der Waals surface area contributed by atoms with Gasteiger partial charge in [0, 0.05) is 19.3 Å². The van der Waals surface area contributed by atoms with Crippen molar-refractivity contribution < 1.29 is 28.6 Å². The van der Waals surface area contributed by atoms with E-state index in [0.29, 0.717) is 19.3 Å². The molecule has 0 aromatic carbocycles. The maximum atomic E-state index is 12.9. The van der Waals surface area contributed by atoms with Crippen LogP contribution >= 0.6 is 0 Å². The van der Waals surface area contributed by atoms with Gasteiger partial charge in [-0.25, -0.2) is 0 Å². The van der Waals surface area contributed by atoms with Crippen LogP contribution < -0.4 is 0 Å². The highest BCUT2D eigenvalue weighted by atomic mass is 16.6. The van der Waals surface area contributed by atoms with Crippen molar-refractivity contribution in [2.24, 2.45) is 0 Å². The number of carbonyl (C=O) groups is 3. The molecule has 0 fully saturated rings. The zero-order valence-corrected chi connectivity index (χ0v) is 53.7. The second-order valence-electron chi connectivity index (χ2n) is 22.7. The van der Waals surface area contributed by atoms with Crippen LogP contribution in [0.2, 0.25) is 0 Å². The maximum absolute atomic E-state index is 12.9. The van der Waals surface area contributed by atoms with E-state index in [-0.39, 0.29) is 31.1 Å². The second kappa shape index (κ2) is 69.3. The normalized spacial score (nSPS) is 12.9. The fourth-order valence-corrected chi connectivity index (χ4v) is 9.55. The molecule has 0 saturated carbocycles. The van der Waals surface area contributed by atoms with Crippen molar-refractivity contribution >= 4 is 17.9 Å². The summed E-state index contributed by atoms with van der Waals surface area (Å²) in [5.74, 6) is -0.931. The van der Waals surface area contributed by atoms with Gasteiger partial charge in [-0.1, -0.05) is 309 Å². The molecular formula is C76H128O6. The van der Waals surface area contributed by atoms with Crippen molar-refractivity contribution in [3.05, 3.63) is 122 Å². The Hall–Kier alpha value is -4.19. The molecule has 0 aliphatic heterocycles. The molecule has 1 atom stereocenters. The summed E-state index contributed by atoms with van der Waals surface area (Å²) in [5, 5.41) is 0. The number of allylic oxidation sites excluding steroid dienone is 20. The van der Waals surface area contributed by atoms with Crippen LogP contribution in [0, 0.1) is 0 Å². The summed E-state index contributed by atoms with van der Waals surface area (Å²) < 4.78 is 16.9. The smallest absolute Gasteiger partial charge is 0.306 e. The fourth-order valence-electron chi connectivity index (χ4n) is 9.55. The third-order valence-electron chi connectivity index (χ3n) is 14.7. The Labute approximate surface area is 507 Å². The Bertz CT molecular complexity index is 1690. The highest BCUT2D eigenvalue weighted by Crippen LogP contribution is 2.17. The van der Waals surface area contributed by atoms with Crippen LogP contribution in [0.1, 0.15) is 323 Å². The first kappa shape index (κ1) is 77.8. The zero-order chi connectivity index (χ0) is 59.2. The number of hydrogen-bond acceptors (Lipinski definition) is 6. The van der Waals surface area contributed by atoms with Gasteiger partial charge < -0.3 is 14.2 Å². The van der Waals surface area contributed by atoms with Crippen LogP contribution in [-0.2, 0) is 28.6 Å². The first-order chi connectivity index (χ1) is 40.5. The lowest BCUT2D eigenvalue weighted by molar-refractivity contribution is -0.167. The van der Waals surface area contributed by atoms with Crippen LogP contribution in [0.25, 0.3) is 0 Å². The zero-order valence-electron chi connectivity index (χ0n) is 53.7. The Morgan fingerprint density at radius 2 is 0.476 bits per heavy atom. The molecule has 0 aromatic rings. The molecule has 0 spiro atoms. The van der Waals surface area contributed by atoms with Gasteiger partial charge in [-0.15, -0.1) is 0 Å². The van der Waals surface area contributed by atoms with Crippen molar-refractivity contribution in [2.45, 2.75) is 329 Å². The molecule has 0 saturated heterocycles. The Morgan fingerprint density at radius 3 is 0.793 bits per heavy atom. The van der Waals surface area contributed by atoms with E-state index in [1.54, 1.807) is 0 Å². The van der Waals surface area contributed by atoms with Gasteiger partial charge in [0.05, 0.1) is 0 Å². The Balaban J connectivity index is 4.46. The number of hydrogen-bond donors (Lipinski definition) is 0. The van der Waals surface area contributed by atoms with Gasteiger partial charge in [0.2, 0.25) is 0 Å². The summed E-state index contributed by atoms with van der Waals surface area (Å²) in [5.41, 5.74) is 0. The highest BCUT2D eigenvalue weighted by Gasteiger charge is 2.19. The van der Waals surface area contributed by atoms with Gasteiger partial charge in [0.1, 0.15) is 13.2 Å². The van der Waals surface area contributed by atoms with Gasteiger partial charge in [0.15, 0.2) is 6.10 Å². The lowest BCUT2D eigenvalue weighted by Gasteiger charge is -2.18. The number of rotatable bonds is 62. The minimum Gasteiger partial charge on any atom is -0.462 e. The molecule has 0 N–H and O–H groups in total. The molecule has 0 aliphatic carbocycles. The molecule has 0 aromatic heterocycles. The number of ether oxygens (including phenoxy) is 3.